The van der Waals surface area contributed by atoms with Crippen molar-refractivity contribution in [3.8, 4) is 11.1 Å². The van der Waals surface area contributed by atoms with E-state index >= 15 is 0 Å². The molecule has 1 aliphatic carbocycles. The Morgan fingerprint density at radius 3 is 2.19 bits per heavy atom. The van der Waals surface area contributed by atoms with Crippen molar-refractivity contribution in [1.82, 2.24) is 4.67 Å². The summed E-state index contributed by atoms with van der Waals surface area (Å²) in [6.07, 6.45) is 14.3. The Morgan fingerprint density at radius 1 is 0.763 bits per heavy atom. The average Bonchev–Trinajstić information content (AvgIpc) is 3.80. The second-order valence-electron chi connectivity index (χ2n) is 18.4. The van der Waals surface area contributed by atoms with Crippen LogP contribution in [-0.2, 0) is 11.2 Å². The van der Waals surface area contributed by atoms with Crippen molar-refractivity contribution in [2.24, 2.45) is 5.41 Å². The Morgan fingerprint density at radius 2 is 1.47 bits per heavy atom. The third-order valence-electron chi connectivity index (χ3n) is 12.5. The summed E-state index contributed by atoms with van der Waals surface area (Å²) >= 11 is 2.13. The van der Waals surface area contributed by atoms with E-state index in [1.807, 2.05) is 0 Å². The molecule has 3 heterocycles. The third-order valence-corrected chi connectivity index (χ3v) is 17.2. The quantitative estimate of drug-likeness (QED) is 0.129. The topological polar surface area (TPSA) is 9.72 Å². The molecule has 298 valence electrons. The summed E-state index contributed by atoms with van der Waals surface area (Å²) in [6.45, 7) is 16.2. The van der Waals surface area contributed by atoms with E-state index in [0.717, 1.165) is 5.75 Å². The molecule has 0 amide bonds. The number of nitrogens with zero attached hydrogens (tertiary/aromatic N) is 3. The average molecular weight is 810 g/mol. The number of para-hydroxylation sites is 1. The number of hydrogen-bond acceptors (Lipinski definition) is 4. The Balaban J connectivity index is 1.33. The van der Waals surface area contributed by atoms with Crippen LogP contribution in [0.3, 0.4) is 0 Å². The van der Waals surface area contributed by atoms with Crippen molar-refractivity contribution in [1.29, 1.82) is 0 Å². The van der Waals surface area contributed by atoms with Crippen molar-refractivity contribution in [3.63, 3.8) is 0 Å². The van der Waals surface area contributed by atoms with Gasteiger partial charge in [-0.25, -0.2) is 0 Å². The molecule has 4 aliphatic rings. The summed E-state index contributed by atoms with van der Waals surface area (Å²) in [5, 5.41) is 1.51. The standard InChI is InChI=1S/C54H56N3PS/c1-10-40(53(2,3)4)28-29-42(30-36-20-13-11-14-21-36)57-48-27-19-26-44-46-33-41(54(5,6)7)34-47-45-31-39(37-22-15-12-16-23-37)32-49(45)56(9)58(51(46)47)59-35-38-24-17-18-25-43(38)52(57)55(8)50(44)48/h10-34,45,52H,35H2,1-9H3/b29-28-,40-10+,42-30-. The number of rotatable bonds is 5. The number of hydrogen-bond donors (Lipinski definition) is 0. The molecule has 5 heteroatoms. The zero-order valence-electron chi connectivity index (χ0n) is 36.0. The van der Waals surface area contributed by atoms with Gasteiger partial charge in [-0.05, 0) is 98.2 Å². The molecule has 3 unspecified atom stereocenters. The second-order valence-corrected chi connectivity index (χ2v) is 22.3. The number of allylic oxidation sites excluding steroid dienone is 7. The lowest BCUT2D eigenvalue weighted by Gasteiger charge is -2.42. The summed E-state index contributed by atoms with van der Waals surface area (Å²) in [5.74, 6) is 1.11. The minimum absolute atomic E-state index is 0.0182. The first-order valence-corrected chi connectivity index (χ1v) is 23.9. The van der Waals surface area contributed by atoms with Crippen LogP contribution in [-0.4, -0.2) is 18.8 Å². The van der Waals surface area contributed by atoms with Gasteiger partial charge >= 0.3 is 0 Å². The van der Waals surface area contributed by atoms with Crippen LogP contribution in [0.15, 0.2) is 163 Å². The van der Waals surface area contributed by atoms with E-state index in [0.29, 0.717) is 0 Å². The predicted octanol–water partition coefficient (Wildman–Crippen LogP) is 14.4. The molecule has 0 saturated carbocycles. The number of anilines is 2. The molecule has 0 spiro atoms. The molecule has 2 bridgehead atoms. The summed E-state index contributed by atoms with van der Waals surface area (Å²) in [4.78, 5) is 5.19. The highest BCUT2D eigenvalue weighted by Gasteiger charge is 2.44. The maximum absolute atomic E-state index is 2.66. The monoisotopic (exact) mass is 809 g/mol. The molecule has 0 aromatic heterocycles. The van der Waals surface area contributed by atoms with Crippen LogP contribution < -0.4 is 15.1 Å². The summed E-state index contributed by atoms with van der Waals surface area (Å²) in [7, 11) is 3.90. The fourth-order valence-corrected chi connectivity index (χ4v) is 14.3. The third kappa shape index (κ3) is 7.03. The molecule has 3 aliphatic heterocycles. The van der Waals surface area contributed by atoms with Gasteiger partial charge in [0.2, 0.25) is 0 Å². The number of benzene rings is 5. The van der Waals surface area contributed by atoms with Gasteiger partial charge in [-0.2, -0.15) is 0 Å². The smallest absolute Gasteiger partial charge is 0.133 e. The van der Waals surface area contributed by atoms with E-state index in [4.69, 9.17) is 0 Å². The predicted molar refractivity (Wildman–Crippen MR) is 258 cm³/mol. The highest BCUT2D eigenvalue weighted by Crippen LogP contribution is 2.65. The van der Waals surface area contributed by atoms with Crippen LogP contribution in [0.2, 0.25) is 0 Å². The molecule has 59 heavy (non-hydrogen) atoms. The van der Waals surface area contributed by atoms with E-state index < -0.39 is 7.27 Å². The number of fused-ring (bicyclic) bond motifs is 6. The van der Waals surface area contributed by atoms with Crippen molar-refractivity contribution in [2.45, 2.75) is 71.7 Å². The highest BCUT2D eigenvalue weighted by atomic mass is 32.7. The maximum Gasteiger partial charge on any atom is 0.133 e. The van der Waals surface area contributed by atoms with Gasteiger partial charge in [-0.15, -0.1) is 11.4 Å². The van der Waals surface area contributed by atoms with Gasteiger partial charge in [0.1, 0.15) is 6.17 Å². The minimum Gasteiger partial charge on any atom is -0.348 e. The molecule has 0 radical (unpaired) electrons. The fraction of sp³-hybridized carbons (Fsp3) is 0.259. The normalized spacial score (nSPS) is 20.2. The molecule has 3 atom stereocenters. The molecule has 5 aromatic carbocycles. The van der Waals surface area contributed by atoms with E-state index in [-0.39, 0.29) is 22.9 Å². The van der Waals surface area contributed by atoms with Gasteiger partial charge in [-0.3, -0.25) is 0 Å². The lowest BCUT2D eigenvalue weighted by Crippen LogP contribution is -2.33. The number of likely N-dealkylation sites (N-methyl/N-ethyl adjacent to an activating group) is 1. The van der Waals surface area contributed by atoms with Gasteiger partial charge in [0.15, 0.2) is 0 Å². The van der Waals surface area contributed by atoms with Gasteiger partial charge in [-0.1, -0.05) is 163 Å². The lowest BCUT2D eigenvalue weighted by atomic mass is 9.81. The van der Waals surface area contributed by atoms with Crippen LogP contribution in [0.5, 0.6) is 0 Å². The van der Waals surface area contributed by atoms with Gasteiger partial charge in [0.25, 0.3) is 0 Å². The fourth-order valence-electron chi connectivity index (χ4n) is 9.36. The summed E-state index contributed by atoms with van der Waals surface area (Å²) < 4.78 is 2.66. The van der Waals surface area contributed by atoms with Crippen LogP contribution in [0, 0.1) is 5.41 Å². The molecular formula is C54H56N3PS. The SMILES string of the molecule is C\C=C(/C=C\C(=C\c1ccccc1)N1c2cccc3c2N(C)C1c1ccccc1CSP1c2c-3cc(C(C)(C)C)cc2C2C=C(c3ccccc3)C=C2N1C)C(C)(C)C. The van der Waals surface area contributed by atoms with Crippen LogP contribution in [0.25, 0.3) is 22.8 Å². The molecule has 3 nitrogen and oxygen atoms in total. The Hall–Kier alpha value is -5.02. The van der Waals surface area contributed by atoms with Crippen LogP contribution in [0.1, 0.15) is 93.9 Å². The van der Waals surface area contributed by atoms with E-state index in [2.05, 4.69) is 240 Å². The largest absolute Gasteiger partial charge is 0.348 e. The van der Waals surface area contributed by atoms with Crippen LogP contribution in [0.4, 0.5) is 11.4 Å². The van der Waals surface area contributed by atoms with Gasteiger partial charge < -0.3 is 14.5 Å². The molecule has 0 fully saturated rings. The van der Waals surface area contributed by atoms with Crippen molar-refractivity contribution in [3.05, 3.63) is 196 Å². The lowest BCUT2D eigenvalue weighted by molar-refractivity contribution is 0.516. The summed E-state index contributed by atoms with van der Waals surface area (Å²) in [6, 6.07) is 43.2. The zero-order valence-corrected chi connectivity index (χ0v) is 37.7. The Kier molecular flexibility index (Phi) is 10.2. The van der Waals surface area contributed by atoms with Crippen molar-refractivity contribution < 1.29 is 0 Å². The molecule has 0 N–H and O–H groups in total. The van der Waals surface area contributed by atoms with E-state index in [1.165, 1.54) is 83.7 Å². The zero-order chi connectivity index (χ0) is 41.2. The van der Waals surface area contributed by atoms with E-state index in [1.54, 1.807) is 0 Å². The molecular weight excluding hydrogens is 754 g/mol. The van der Waals surface area contributed by atoms with E-state index in [9.17, 15) is 0 Å². The first-order valence-electron chi connectivity index (χ1n) is 21.0. The van der Waals surface area contributed by atoms with Gasteiger partial charge in [0, 0.05) is 48.0 Å². The first kappa shape index (κ1) is 39.4. The molecule has 5 aromatic rings. The second kappa shape index (κ2) is 15.2. The first-order chi connectivity index (χ1) is 28.3. The van der Waals surface area contributed by atoms with Crippen molar-refractivity contribution in [2.75, 3.05) is 23.9 Å². The van der Waals surface area contributed by atoms with Gasteiger partial charge in [0.05, 0.1) is 18.6 Å². The van der Waals surface area contributed by atoms with Crippen LogP contribution >= 0.6 is 18.7 Å². The Bertz CT molecular complexity index is 2580. The summed E-state index contributed by atoms with van der Waals surface area (Å²) in [5.41, 5.74) is 18.5. The van der Waals surface area contributed by atoms with Crippen molar-refractivity contribution >= 4 is 47.0 Å². The Labute approximate surface area is 358 Å². The molecule has 0 saturated heterocycles. The highest BCUT2D eigenvalue weighted by molar-refractivity contribution is 8.56. The molecule has 9 rings (SSSR count). The maximum atomic E-state index is 2.66. The minimum atomic E-state index is -0.787.